The minimum Gasteiger partial charge on any atom is -0.399 e. The van der Waals surface area contributed by atoms with Crippen LogP contribution in [-0.4, -0.2) is 0 Å². The van der Waals surface area contributed by atoms with E-state index in [9.17, 15) is 4.39 Å². The molecule has 0 radical (unpaired) electrons. The molecule has 0 bridgehead atoms. The van der Waals surface area contributed by atoms with Crippen LogP contribution in [0.3, 0.4) is 0 Å². The molecule has 0 fully saturated rings. The van der Waals surface area contributed by atoms with Gasteiger partial charge in [0, 0.05) is 5.69 Å². The molecule has 2 heteroatoms. The monoisotopic (exact) mass is 125 g/mol. The Hall–Kier alpha value is -1.05. The summed E-state index contributed by atoms with van der Waals surface area (Å²) in [5.41, 5.74) is 6.62. The molecule has 0 aromatic heterocycles. The molecule has 1 aromatic carbocycles. The van der Waals surface area contributed by atoms with Crippen molar-refractivity contribution in [2.24, 2.45) is 0 Å². The molecule has 0 heterocycles. The highest BCUT2D eigenvalue weighted by atomic mass is 19.1. The summed E-state index contributed by atoms with van der Waals surface area (Å²) in [6, 6.07) is 6.81. The van der Waals surface area contributed by atoms with Crippen molar-refractivity contribution in [2.45, 2.75) is 6.67 Å². The van der Waals surface area contributed by atoms with Crippen LogP contribution in [0.5, 0.6) is 0 Å². The molecule has 0 unspecified atom stereocenters. The maximum absolute atomic E-state index is 11.8. The Balaban J connectivity index is 2.94. The number of rotatable bonds is 1. The van der Waals surface area contributed by atoms with E-state index in [1.807, 2.05) is 0 Å². The van der Waals surface area contributed by atoms with Gasteiger partial charge in [0.1, 0.15) is 6.67 Å². The molecule has 0 spiro atoms. The van der Waals surface area contributed by atoms with Gasteiger partial charge in [-0.2, -0.15) is 0 Å². The number of alkyl halides is 1. The fourth-order valence-corrected chi connectivity index (χ4v) is 0.676. The van der Waals surface area contributed by atoms with E-state index >= 15 is 0 Å². The normalized spacial score (nSPS) is 9.44. The first kappa shape index (κ1) is 6.08. The van der Waals surface area contributed by atoms with Crippen molar-refractivity contribution in [3.8, 4) is 0 Å². The Labute approximate surface area is 53.3 Å². The zero-order valence-electron chi connectivity index (χ0n) is 4.97. The van der Waals surface area contributed by atoms with Crippen molar-refractivity contribution in [1.82, 2.24) is 0 Å². The molecule has 0 amide bonds. The van der Waals surface area contributed by atoms with Gasteiger partial charge >= 0.3 is 0 Å². The van der Waals surface area contributed by atoms with Gasteiger partial charge in [-0.1, -0.05) is 12.1 Å². The largest absolute Gasteiger partial charge is 0.399 e. The molecular weight excluding hydrogens is 117 g/mol. The van der Waals surface area contributed by atoms with Crippen LogP contribution < -0.4 is 5.73 Å². The van der Waals surface area contributed by atoms with Crippen molar-refractivity contribution < 1.29 is 4.39 Å². The fraction of sp³-hybridized carbons (Fsp3) is 0.143. The third kappa shape index (κ3) is 1.42. The standard InChI is InChI=1S/C7H8FN/c8-5-6-2-1-3-7(9)4-6/h1-4H,5,9H2. The van der Waals surface area contributed by atoms with Gasteiger partial charge in [-0.25, -0.2) is 4.39 Å². The lowest BCUT2D eigenvalue weighted by atomic mass is 10.2. The van der Waals surface area contributed by atoms with Crippen LogP contribution >= 0.6 is 0 Å². The van der Waals surface area contributed by atoms with Gasteiger partial charge in [-0.05, 0) is 17.7 Å². The van der Waals surface area contributed by atoms with Crippen LogP contribution in [0.4, 0.5) is 10.1 Å². The molecule has 1 aromatic rings. The van der Waals surface area contributed by atoms with Gasteiger partial charge in [0.2, 0.25) is 0 Å². The second kappa shape index (κ2) is 2.49. The highest BCUT2D eigenvalue weighted by Crippen LogP contribution is 2.06. The molecule has 9 heavy (non-hydrogen) atoms. The number of halogens is 1. The van der Waals surface area contributed by atoms with Crippen molar-refractivity contribution in [3.63, 3.8) is 0 Å². The summed E-state index contributed by atoms with van der Waals surface area (Å²) in [5, 5.41) is 0. The topological polar surface area (TPSA) is 26.0 Å². The molecule has 0 atom stereocenters. The molecule has 0 aliphatic carbocycles. The van der Waals surface area contributed by atoms with E-state index < -0.39 is 6.67 Å². The molecule has 1 nitrogen and oxygen atoms in total. The fourth-order valence-electron chi connectivity index (χ4n) is 0.676. The van der Waals surface area contributed by atoms with Gasteiger partial charge in [0.25, 0.3) is 0 Å². The van der Waals surface area contributed by atoms with E-state index in [-0.39, 0.29) is 0 Å². The van der Waals surface area contributed by atoms with Crippen molar-refractivity contribution >= 4 is 5.69 Å². The third-order valence-electron chi connectivity index (χ3n) is 1.11. The molecule has 0 aliphatic heterocycles. The number of hydrogen-bond donors (Lipinski definition) is 1. The van der Waals surface area contributed by atoms with E-state index in [0.29, 0.717) is 11.3 Å². The van der Waals surface area contributed by atoms with Crippen LogP contribution in [-0.2, 0) is 6.67 Å². The smallest absolute Gasteiger partial charge is 0.115 e. The van der Waals surface area contributed by atoms with Crippen molar-refractivity contribution in [1.29, 1.82) is 0 Å². The Morgan fingerprint density at radius 2 is 2.22 bits per heavy atom. The summed E-state index contributed by atoms with van der Waals surface area (Å²) in [4.78, 5) is 0. The van der Waals surface area contributed by atoms with Crippen LogP contribution in [0.2, 0.25) is 0 Å². The second-order valence-electron chi connectivity index (χ2n) is 1.88. The summed E-state index contributed by atoms with van der Waals surface area (Å²) < 4.78 is 11.8. The van der Waals surface area contributed by atoms with E-state index in [4.69, 9.17) is 5.73 Å². The zero-order chi connectivity index (χ0) is 6.69. The van der Waals surface area contributed by atoms with Gasteiger partial charge in [-0.15, -0.1) is 0 Å². The molecule has 48 valence electrons. The summed E-state index contributed by atoms with van der Waals surface area (Å²) in [5.74, 6) is 0. The highest BCUT2D eigenvalue weighted by Gasteiger charge is 1.88. The second-order valence-corrected chi connectivity index (χ2v) is 1.88. The van der Waals surface area contributed by atoms with Crippen LogP contribution in [0.15, 0.2) is 24.3 Å². The molecular formula is C7H8FN. The van der Waals surface area contributed by atoms with Crippen LogP contribution in [0.25, 0.3) is 0 Å². The van der Waals surface area contributed by atoms with Gasteiger partial charge in [-0.3, -0.25) is 0 Å². The van der Waals surface area contributed by atoms with Crippen LogP contribution in [0.1, 0.15) is 5.56 Å². The molecule has 0 saturated heterocycles. The van der Waals surface area contributed by atoms with Gasteiger partial charge in [0.05, 0.1) is 0 Å². The number of nitrogen functional groups attached to an aromatic ring is 1. The van der Waals surface area contributed by atoms with Crippen molar-refractivity contribution in [2.75, 3.05) is 5.73 Å². The Bertz CT molecular complexity index is 198. The zero-order valence-corrected chi connectivity index (χ0v) is 4.97. The van der Waals surface area contributed by atoms with Crippen molar-refractivity contribution in [3.05, 3.63) is 29.8 Å². The lowest BCUT2D eigenvalue weighted by Crippen LogP contribution is -1.85. The summed E-state index contributed by atoms with van der Waals surface area (Å²) in [7, 11) is 0. The SMILES string of the molecule is Nc1cccc(CF)c1. The maximum Gasteiger partial charge on any atom is 0.115 e. The maximum atomic E-state index is 11.8. The van der Waals surface area contributed by atoms with Gasteiger partial charge < -0.3 is 5.73 Å². The molecule has 1 rings (SSSR count). The summed E-state index contributed by atoms with van der Waals surface area (Å²) >= 11 is 0. The molecule has 0 saturated carbocycles. The van der Waals surface area contributed by atoms with Crippen LogP contribution in [0, 0.1) is 0 Å². The predicted molar refractivity (Wildman–Crippen MR) is 35.7 cm³/mol. The lowest BCUT2D eigenvalue weighted by Gasteiger charge is -1.93. The van der Waals surface area contributed by atoms with E-state index in [2.05, 4.69) is 0 Å². The minimum atomic E-state index is -0.439. The number of nitrogens with two attached hydrogens (primary N) is 1. The van der Waals surface area contributed by atoms with Gasteiger partial charge in [0.15, 0.2) is 0 Å². The molecule has 0 aliphatic rings. The quantitative estimate of drug-likeness (QED) is 0.568. The minimum absolute atomic E-state index is 0.439. The summed E-state index contributed by atoms with van der Waals surface area (Å²) in [6.45, 7) is -0.439. The predicted octanol–water partition coefficient (Wildman–Crippen LogP) is 1.74. The summed E-state index contributed by atoms with van der Waals surface area (Å²) in [6.07, 6.45) is 0. The van der Waals surface area contributed by atoms with E-state index in [0.717, 1.165) is 0 Å². The van der Waals surface area contributed by atoms with E-state index in [1.165, 1.54) is 0 Å². The Kier molecular flexibility index (Phi) is 1.68. The Morgan fingerprint density at radius 1 is 1.44 bits per heavy atom. The third-order valence-corrected chi connectivity index (χ3v) is 1.11. The first-order valence-electron chi connectivity index (χ1n) is 2.73. The number of hydrogen-bond acceptors (Lipinski definition) is 1. The lowest BCUT2D eigenvalue weighted by molar-refractivity contribution is 0.485. The average molecular weight is 125 g/mol. The highest BCUT2D eigenvalue weighted by molar-refractivity contribution is 5.40. The first-order chi connectivity index (χ1) is 4.33. The number of benzene rings is 1. The molecule has 2 N–H and O–H groups in total. The number of anilines is 1. The van der Waals surface area contributed by atoms with E-state index in [1.54, 1.807) is 24.3 Å². The first-order valence-corrected chi connectivity index (χ1v) is 2.73. The Morgan fingerprint density at radius 3 is 2.67 bits per heavy atom. The average Bonchev–Trinajstić information content (AvgIpc) is 1.88.